The number of hydrogen-bond acceptors (Lipinski definition) is 4. The second-order valence-electron chi connectivity index (χ2n) is 6.64. The van der Waals surface area contributed by atoms with Crippen molar-refractivity contribution in [3.05, 3.63) is 63.6 Å². The molecule has 1 aliphatic heterocycles. The number of hydrazine groups is 1. The highest BCUT2D eigenvalue weighted by atomic mass is 35.5. The predicted octanol–water partition coefficient (Wildman–Crippen LogP) is 4.49. The Morgan fingerprint density at radius 3 is 2.64 bits per heavy atom. The number of nitrogens with zero attached hydrogens (tertiary/aromatic N) is 2. The SMILES string of the molecule is Cc1c(-c2ccc(Cl)cc2Cl)nc2ccccc2c1C(=O)NN1CCOCC1. The number of fused-ring (bicyclic) bond motifs is 1. The van der Waals surface area contributed by atoms with Crippen molar-refractivity contribution in [3.8, 4) is 11.3 Å². The van der Waals surface area contributed by atoms with E-state index in [1.54, 1.807) is 12.1 Å². The monoisotopic (exact) mass is 415 g/mol. The fourth-order valence-electron chi connectivity index (χ4n) is 3.42. The van der Waals surface area contributed by atoms with E-state index >= 15 is 0 Å². The van der Waals surface area contributed by atoms with Crippen LogP contribution in [0.1, 0.15) is 15.9 Å². The van der Waals surface area contributed by atoms with Crippen molar-refractivity contribution >= 4 is 40.0 Å². The fraction of sp³-hybridized carbons (Fsp3) is 0.238. The molecular formula is C21H19Cl2N3O2. The van der Waals surface area contributed by atoms with Gasteiger partial charge in [-0.05, 0) is 36.8 Å². The van der Waals surface area contributed by atoms with Crippen molar-refractivity contribution in [3.63, 3.8) is 0 Å². The molecule has 1 N–H and O–H groups in total. The van der Waals surface area contributed by atoms with Gasteiger partial charge < -0.3 is 4.74 Å². The summed E-state index contributed by atoms with van der Waals surface area (Å²) in [5.74, 6) is -0.163. The van der Waals surface area contributed by atoms with Gasteiger partial charge in [-0.2, -0.15) is 0 Å². The van der Waals surface area contributed by atoms with E-state index in [-0.39, 0.29) is 5.91 Å². The van der Waals surface area contributed by atoms with Crippen molar-refractivity contribution in [1.29, 1.82) is 0 Å². The van der Waals surface area contributed by atoms with E-state index in [9.17, 15) is 4.79 Å². The van der Waals surface area contributed by atoms with Gasteiger partial charge in [0.05, 0.1) is 35.0 Å². The van der Waals surface area contributed by atoms with Gasteiger partial charge in [-0.25, -0.2) is 9.99 Å². The molecule has 1 fully saturated rings. The van der Waals surface area contributed by atoms with Crippen LogP contribution in [0.25, 0.3) is 22.2 Å². The van der Waals surface area contributed by atoms with Crippen molar-refractivity contribution in [2.45, 2.75) is 6.92 Å². The van der Waals surface area contributed by atoms with Gasteiger partial charge in [0.1, 0.15) is 0 Å². The van der Waals surface area contributed by atoms with Crippen LogP contribution in [0.3, 0.4) is 0 Å². The zero-order valence-corrected chi connectivity index (χ0v) is 16.8. The van der Waals surface area contributed by atoms with E-state index in [1.807, 2.05) is 42.3 Å². The van der Waals surface area contributed by atoms with Gasteiger partial charge >= 0.3 is 0 Å². The van der Waals surface area contributed by atoms with E-state index in [4.69, 9.17) is 32.9 Å². The Kier molecular flexibility index (Phi) is 5.51. The Balaban J connectivity index is 1.84. The first-order chi connectivity index (χ1) is 13.5. The molecule has 0 atom stereocenters. The summed E-state index contributed by atoms with van der Waals surface area (Å²) in [4.78, 5) is 18.0. The quantitative estimate of drug-likeness (QED) is 0.684. The first kappa shape index (κ1) is 19.2. The molecule has 7 heteroatoms. The Hall–Kier alpha value is -2.18. The molecule has 4 rings (SSSR count). The number of aromatic nitrogens is 1. The summed E-state index contributed by atoms with van der Waals surface area (Å²) in [7, 11) is 0. The lowest BCUT2D eigenvalue weighted by molar-refractivity contribution is 0.0126. The van der Waals surface area contributed by atoms with Crippen LogP contribution in [0, 0.1) is 6.92 Å². The molecule has 1 amide bonds. The number of ether oxygens (including phenoxy) is 1. The average molecular weight is 416 g/mol. The number of nitrogens with one attached hydrogen (secondary N) is 1. The summed E-state index contributed by atoms with van der Waals surface area (Å²) in [6.07, 6.45) is 0. The summed E-state index contributed by atoms with van der Waals surface area (Å²) in [6, 6.07) is 12.9. The number of hydrogen-bond donors (Lipinski definition) is 1. The molecule has 2 heterocycles. The number of carbonyl (C=O) groups excluding carboxylic acids is 1. The molecule has 28 heavy (non-hydrogen) atoms. The molecule has 1 saturated heterocycles. The third-order valence-electron chi connectivity index (χ3n) is 4.82. The maximum Gasteiger partial charge on any atom is 0.266 e. The van der Waals surface area contributed by atoms with Crippen LogP contribution in [0.15, 0.2) is 42.5 Å². The minimum Gasteiger partial charge on any atom is -0.379 e. The standard InChI is InChI=1S/C21H19Cl2N3O2/c1-13-19(21(27)25-26-8-10-28-11-9-26)16-4-2-3-5-18(16)24-20(13)15-7-6-14(22)12-17(15)23/h2-7,12H,8-11H2,1H3,(H,25,27). The lowest BCUT2D eigenvalue weighted by Gasteiger charge is -2.27. The smallest absolute Gasteiger partial charge is 0.266 e. The normalized spacial score (nSPS) is 15.0. The van der Waals surface area contributed by atoms with Crippen LogP contribution < -0.4 is 5.43 Å². The largest absolute Gasteiger partial charge is 0.379 e. The Labute approximate surface area is 173 Å². The number of para-hydroxylation sites is 1. The van der Waals surface area contributed by atoms with E-state index in [2.05, 4.69) is 5.43 Å². The van der Waals surface area contributed by atoms with E-state index in [0.29, 0.717) is 47.6 Å². The zero-order valence-electron chi connectivity index (χ0n) is 15.3. The van der Waals surface area contributed by atoms with Crippen molar-refractivity contribution in [2.75, 3.05) is 26.3 Å². The number of amides is 1. The molecule has 0 bridgehead atoms. The molecule has 0 unspecified atom stereocenters. The van der Waals surface area contributed by atoms with Gasteiger partial charge in [-0.1, -0.05) is 41.4 Å². The number of pyridine rings is 1. The Bertz CT molecular complexity index is 1050. The highest BCUT2D eigenvalue weighted by Crippen LogP contribution is 2.34. The number of halogens is 2. The summed E-state index contributed by atoms with van der Waals surface area (Å²) in [5.41, 5.74) is 6.53. The molecule has 1 aromatic heterocycles. The summed E-state index contributed by atoms with van der Waals surface area (Å²) >= 11 is 12.5. The molecular weight excluding hydrogens is 397 g/mol. The van der Waals surface area contributed by atoms with Gasteiger partial charge in [0, 0.05) is 29.1 Å². The Morgan fingerprint density at radius 2 is 1.89 bits per heavy atom. The molecule has 5 nitrogen and oxygen atoms in total. The predicted molar refractivity (Wildman–Crippen MR) is 112 cm³/mol. The lowest BCUT2D eigenvalue weighted by atomic mass is 9.97. The zero-order chi connectivity index (χ0) is 19.7. The number of benzene rings is 2. The maximum absolute atomic E-state index is 13.2. The van der Waals surface area contributed by atoms with E-state index in [0.717, 1.165) is 22.0 Å². The first-order valence-electron chi connectivity index (χ1n) is 9.03. The summed E-state index contributed by atoms with van der Waals surface area (Å²) < 4.78 is 5.35. The van der Waals surface area contributed by atoms with Crippen molar-refractivity contribution < 1.29 is 9.53 Å². The average Bonchev–Trinajstić information content (AvgIpc) is 2.68. The molecule has 0 aliphatic carbocycles. The molecule has 144 valence electrons. The van der Waals surface area contributed by atoms with Gasteiger partial charge in [0.15, 0.2) is 0 Å². The van der Waals surface area contributed by atoms with E-state index < -0.39 is 0 Å². The van der Waals surface area contributed by atoms with Crippen LogP contribution >= 0.6 is 23.2 Å². The third-order valence-corrected chi connectivity index (χ3v) is 5.37. The van der Waals surface area contributed by atoms with Crippen LogP contribution in [0.4, 0.5) is 0 Å². The second-order valence-corrected chi connectivity index (χ2v) is 7.49. The third kappa shape index (κ3) is 3.71. The second kappa shape index (κ2) is 8.05. The highest BCUT2D eigenvalue weighted by Gasteiger charge is 2.22. The van der Waals surface area contributed by atoms with Gasteiger partial charge in [-0.15, -0.1) is 0 Å². The number of morpholine rings is 1. The van der Waals surface area contributed by atoms with Gasteiger partial charge in [0.25, 0.3) is 5.91 Å². The topological polar surface area (TPSA) is 54.5 Å². The lowest BCUT2D eigenvalue weighted by Crippen LogP contribution is -2.48. The van der Waals surface area contributed by atoms with E-state index in [1.165, 1.54) is 0 Å². The molecule has 1 aliphatic rings. The fourth-order valence-corrected chi connectivity index (χ4v) is 3.92. The molecule has 0 saturated carbocycles. The van der Waals surface area contributed by atoms with Gasteiger partial charge in [0.2, 0.25) is 0 Å². The summed E-state index contributed by atoms with van der Waals surface area (Å²) in [5, 5.41) is 3.74. The van der Waals surface area contributed by atoms with Crippen LogP contribution in [0.2, 0.25) is 10.0 Å². The number of carbonyl (C=O) groups is 1. The molecule has 3 aromatic rings. The Morgan fingerprint density at radius 1 is 1.14 bits per heavy atom. The summed E-state index contributed by atoms with van der Waals surface area (Å²) in [6.45, 7) is 4.41. The molecule has 0 radical (unpaired) electrons. The van der Waals surface area contributed by atoms with Gasteiger partial charge in [-0.3, -0.25) is 10.2 Å². The molecule has 0 spiro atoms. The van der Waals surface area contributed by atoms with Crippen LogP contribution in [-0.2, 0) is 4.74 Å². The van der Waals surface area contributed by atoms with Crippen molar-refractivity contribution in [2.24, 2.45) is 0 Å². The molecule has 2 aromatic carbocycles. The van der Waals surface area contributed by atoms with Crippen LogP contribution in [-0.4, -0.2) is 42.2 Å². The highest BCUT2D eigenvalue weighted by molar-refractivity contribution is 6.36. The minimum atomic E-state index is -0.163. The van der Waals surface area contributed by atoms with Crippen LogP contribution in [0.5, 0.6) is 0 Å². The maximum atomic E-state index is 13.2. The first-order valence-corrected chi connectivity index (χ1v) is 9.78. The van der Waals surface area contributed by atoms with Crippen molar-refractivity contribution in [1.82, 2.24) is 15.4 Å². The number of rotatable bonds is 3. The minimum absolute atomic E-state index is 0.163.